The van der Waals surface area contributed by atoms with Crippen molar-refractivity contribution in [2.75, 3.05) is 13.1 Å². The van der Waals surface area contributed by atoms with Crippen LogP contribution in [-0.2, 0) is 22.4 Å². The Morgan fingerprint density at radius 2 is 1.67 bits per heavy atom. The summed E-state index contributed by atoms with van der Waals surface area (Å²) >= 11 is 0. The van der Waals surface area contributed by atoms with Crippen molar-refractivity contribution < 1.29 is 14.7 Å². The van der Waals surface area contributed by atoms with E-state index in [1.807, 2.05) is 17.0 Å². The Labute approximate surface area is 124 Å². The minimum atomic E-state index is -0.731. The highest BCUT2D eigenvalue weighted by molar-refractivity contribution is 5.80. The van der Waals surface area contributed by atoms with Crippen molar-refractivity contribution >= 4 is 11.9 Å². The molecule has 4 heteroatoms. The standard InChI is InChI=1S/C17H21NO3/c19-16(20)9-12-5-7-18(8-6-12)17(21)15-10-13-3-1-2-4-14(13)11-15/h1-4,12,15H,5-11H2,(H,19,20). The highest BCUT2D eigenvalue weighted by Gasteiger charge is 2.32. The first-order chi connectivity index (χ1) is 10.1. The number of carboxylic acids is 1. The number of carboxylic acid groups (broad SMARTS) is 1. The average molecular weight is 287 g/mol. The molecule has 1 aliphatic carbocycles. The Morgan fingerprint density at radius 1 is 1.10 bits per heavy atom. The maximum atomic E-state index is 12.6. The van der Waals surface area contributed by atoms with Gasteiger partial charge in [0.05, 0.1) is 0 Å². The van der Waals surface area contributed by atoms with Gasteiger partial charge in [0.2, 0.25) is 5.91 Å². The number of aliphatic carboxylic acids is 1. The van der Waals surface area contributed by atoms with Crippen molar-refractivity contribution in [2.45, 2.75) is 32.1 Å². The zero-order valence-corrected chi connectivity index (χ0v) is 12.1. The third kappa shape index (κ3) is 3.09. The zero-order chi connectivity index (χ0) is 14.8. The third-order valence-electron chi connectivity index (χ3n) is 4.79. The first-order valence-electron chi connectivity index (χ1n) is 7.71. The van der Waals surface area contributed by atoms with Crippen molar-refractivity contribution in [3.05, 3.63) is 35.4 Å². The third-order valence-corrected chi connectivity index (χ3v) is 4.79. The van der Waals surface area contributed by atoms with E-state index < -0.39 is 5.97 Å². The van der Waals surface area contributed by atoms with E-state index in [1.54, 1.807) is 0 Å². The fourth-order valence-electron chi connectivity index (χ4n) is 3.60. The van der Waals surface area contributed by atoms with Crippen molar-refractivity contribution in [3.63, 3.8) is 0 Å². The predicted molar refractivity (Wildman–Crippen MR) is 78.9 cm³/mol. The van der Waals surface area contributed by atoms with E-state index in [0.717, 1.165) is 25.7 Å². The van der Waals surface area contributed by atoms with E-state index in [4.69, 9.17) is 5.11 Å². The monoisotopic (exact) mass is 287 g/mol. The number of piperidine rings is 1. The van der Waals surface area contributed by atoms with Crippen LogP contribution in [0.3, 0.4) is 0 Å². The molecule has 2 aliphatic rings. The van der Waals surface area contributed by atoms with Gasteiger partial charge in [0, 0.05) is 25.4 Å². The van der Waals surface area contributed by atoms with Crippen LogP contribution < -0.4 is 0 Å². The normalized spacial score (nSPS) is 19.5. The topological polar surface area (TPSA) is 57.6 Å². The van der Waals surface area contributed by atoms with Gasteiger partial charge in [0.25, 0.3) is 0 Å². The van der Waals surface area contributed by atoms with Gasteiger partial charge in [-0.05, 0) is 42.7 Å². The van der Waals surface area contributed by atoms with Gasteiger partial charge in [-0.1, -0.05) is 24.3 Å². The number of nitrogens with zero attached hydrogens (tertiary/aromatic N) is 1. The summed E-state index contributed by atoms with van der Waals surface area (Å²) in [6.45, 7) is 1.42. The molecule has 1 fully saturated rings. The number of carbonyl (C=O) groups is 2. The highest BCUT2D eigenvalue weighted by atomic mass is 16.4. The molecule has 1 aliphatic heterocycles. The molecule has 0 aromatic heterocycles. The number of fused-ring (bicyclic) bond motifs is 1. The number of rotatable bonds is 3. The first-order valence-corrected chi connectivity index (χ1v) is 7.71. The molecule has 4 nitrogen and oxygen atoms in total. The molecule has 1 aromatic rings. The highest BCUT2D eigenvalue weighted by Crippen LogP contribution is 2.29. The lowest BCUT2D eigenvalue weighted by molar-refractivity contribution is -0.139. The van der Waals surface area contributed by atoms with Gasteiger partial charge in [-0.25, -0.2) is 0 Å². The summed E-state index contributed by atoms with van der Waals surface area (Å²) in [6.07, 6.45) is 3.57. The summed E-state index contributed by atoms with van der Waals surface area (Å²) in [7, 11) is 0. The summed E-state index contributed by atoms with van der Waals surface area (Å²) < 4.78 is 0. The van der Waals surface area contributed by atoms with Gasteiger partial charge < -0.3 is 10.0 Å². The Bertz CT molecular complexity index is 522. The van der Waals surface area contributed by atoms with Crippen molar-refractivity contribution in [2.24, 2.45) is 11.8 Å². The SMILES string of the molecule is O=C(O)CC1CCN(C(=O)C2Cc3ccccc3C2)CC1. The van der Waals surface area contributed by atoms with E-state index in [0.29, 0.717) is 13.1 Å². The van der Waals surface area contributed by atoms with E-state index >= 15 is 0 Å². The number of hydrogen-bond donors (Lipinski definition) is 1. The number of benzene rings is 1. The quantitative estimate of drug-likeness (QED) is 0.926. The number of amides is 1. The number of hydrogen-bond acceptors (Lipinski definition) is 2. The molecule has 0 atom stereocenters. The summed E-state index contributed by atoms with van der Waals surface area (Å²) in [5, 5.41) is 8.83. The molecule has 0 saturated carbocycles. The molecular weight excluding hydrogens is 266 g/mol. The second-order valence-corrected chi connectivity index (χ2v) is 6.24. The van der Waals surface area contributed by atoms with Gasteiger partial charge in [-0.3, -0.25) is 9.59 Å². The Balaban J connectivity index is 1.55. The van der Waals surface area contributed by atoms with Crippen LogP contribution in [0.2, 0.25) is 0 Å². The van der Waals surface area contributed by atoms with Gasteiger partial charge in [-0.15, -0.1) is 0 Å². The lowest BCUT2D eigenvalue weighted by atomic mass is 9.92. The largest absolute Gasteiger partial charge is 0.481 e. The smallest absolute Gasteiger partial charge is 0.303 e. The molecule has 0 bridgehead atoms. The molecule has 112 valence electrons. The molecule has 1 N–H and O–H groups in total. The summed E-state index contributed by atoms with van der Waals surface area (Å²) in [5.74, 6) is -0.170. The van der Waals surface area contributed by atoms with Crippen LogP contribution in [0, 0.1) is 11.8 Å². The van der Waals surface area contributed by atoms with Crippen LogP contribution in [0.1, 0.15) is 30.4 Å². The Kier molecular flexibility index (Phi) is 3.95. The Morgan fingerprint density at radius 3 is 2.19 bits per heavy atom. The van der Waals surface area contributed by atoms with Crippen LogP contribution >= 0.6 is 0 Å². The minimum absolute atomic E-state index is 0.0819. The van der Waals surface area contributed by atoms with Gasteiger partial charge in [0.1, 0.15) is 0 Å². The summed E-state index contributed by atoms with van der Waals surface area (Å²) in [4.78, 5) is 25.3. The molecule has 1 heterocycles. The van der Waals surface area contributed by atoms with Crippen LogP contribution in [0.4, 0.5) is 0 Å². The molecule has 21 heavy (non-hydrogen) atoms. The second kappa shape index (κ2) is 5.88. The molecule has 0 radical (unpaired) electrons. The predicted octanol–water partition coefficient (Wildman–Crippen LogP) is 2.11. The minimum Gasteiger partial charge on any atom is -0.481 e. The maximum absolute atomic E-state index is 12.6. The molecule has 0 spiro atoms. The van der Waals surface area contributed by atoms with Crippen LogP contribution in [0.15, 0.2) is 24.3 Å². The molecule has 1 saturated heterocycles. The van der Waals surface area contributed by atoms with E-state index in [9.17, 15) is 9.59 Å². The van der Waals surface area contributed by atoms with E-state index in [2.05, 4.69) is 12.1 Å². The van der Waals surface area contributed by atoms with E-state index in [-0.39, 0.29) is 24.2 Å². The summed E-state index contributed by atoms with van der Waals surface area (Å²) in [6, 6.07) is 8.29. The van der Waals surface area contributed by atoms with E-state index in [1.165, 1.54) is 11.1 Å². The molecular formula is C17H21NO3. The van der Waals surface area contributed by atoms with Gasteiger partial charge >= 0.3 is 5.97 Å². The van der Waals surface area contributed by atoms with Crippen molar-refractivity contribution in [3.8, 4) is 0 Å². The number of likely N-dealkylation sites (tertiary alicyclic amines) is 1. The number of carbonyl (C=O) groups excluding carboxylic acids is 1. The maximum Gasteiger partial charge on any atom is 0.303 e. The lowest BCUT2D eigenvalue weighted by Gasteiger charge is -2.33. The molecule has 1 aromatic carbocycles. The molecule has 3 rings (SSSR count). The molecule has 0 unspecified atom stereocenters. The van der Waals surface area contributed by atoms with Crippen LogP contribution in [-0.4, -0.2) is 35.0 Å². The Hall–Kier alpha value is -1.84. The average Bonchev–Trinajstić information content (AvgIpc) is 2.90. The zero-order valence-electron chi connectivity index (χ0n) is 12.1. The van der Waals surface area contributed by atoms with Gasteiger partial charge in [0.15, 0.2) is 0 Å². The van der Waals surface area contributed by atoms with Crippen molar-refractivity contribution in [1.29, 1.82) is 0 Å². The molecule has 1 amide bonds. The first kappa shape index (κ1) is 14.1. The van der Waals surface area contributed by atoms with Gasteiger partial charge in [-0.2, -0.15) is 0 Å². The fourth-order valence-corrected chi connectivity index (χ4v) is 3.60. The van der Waals surface area contributed by atoms with Crippen LogP contribution in [0.5, 0.6) is 0 Å². The second-order valence-electron chi connectivity index (χ2n) is 6.24. The summed E-state index contributed by atoms with van der Waals surface area (Å²) in [5.41, 5.74) is 2.60. The fraction of sp³-hybridized carbons (Fsp3) is 0.529. The van der Waals surface area contributed by atoms with Crippen molar-refractivity contribution in [1.82, 2.24) is 4.90 Å². The lowest BCUT2D eigenvalue weighted by Crippen LogP contribution is -2.42. The van der Waals surface area contributed by atoms with Crippen LogP contribution in [0.25, 0.3) is 0 Å².